The van der Waals surface area contributed by atoms with Crippen molar-refractivity contribution in [3.05, 3.63) is 44.7 Å². The van der Waals surface area contributed by atoms with Crippen LogP contribution in [-0.4, -0.2) is 52.4 Å². The SMILES string of the molecule is CN1CCC(c2ncc3c(n2)CCN(C(=O)c2cc4c(s2)CCCC4)C3)CC1. The van der Waals surface area contributed by atoms with Crippen LogP contribution in [0, 0.1) is 0 Å². The number of amides is 1. The molecular formula is C22H28N4OS. The lowest BCUT2D eigenvalue weighted by molar-refractivity contribution is 0.0738. The van der Waals surface area contributed by atoms with Gasteiger partial charge in [0.2, 0.25) is 0 Å². The molecule has 6 heteroatoms. The Kier molecular flexibility index (Phi) is 4.93. The summed E-state index contributed by atoms with van der Waals surface area (Å²) in [6.45, 7) is 3.65. The summed E-state index contributed by atoms with van der Waals surface area (Å²) >= 11 is 1.71. The van der Waals surface area contributed by atoms with Crippen molar-refractivity contribution >= 4 is 17.2 Å². The summed E-state index contributed by atoms with van der Waals surface area (Å²) in [7, 11) is 2.18. The van der Waals surface area contributed by atoms with Crippen LogP contribution in [0.4, 0.5) is 0 Å². The average Bonchev–Trinajstić information content (AvgIpc) is 3.17. The Balaban J connectivity index is 1.30. The van der Waals surface area contributed by atoms with Crippen molar-refractivity contribution in [2.45, 2.75) is 57.4 Å². The van der Waals surface area contributed by atoms with Crippen LogP contribution in [0.15, 0.2) is 12.3 Å². The molecule has 0 aromatic carbocycles. The maximum atomic E-state index is 13.1. The molecule has 5 nitrogen and oxygen atoms in total. The first kappa shape index (κ1) is 18.3. The van der Waals surface area contributed by atoms with Gasteiger partial charge in [0.15, 0.2) is 0 Å². The summed E-state index contributed by atoms with van der Waals surface area (Å²) in [5, 5.41) is 0. The van der Waals surface area contributed by atoms with E-state index < -0.39 is 0 Å². The molecule has 28 heavy (non-hydrogen) atoms. The molecule has 0 N–H and O–H groups in total. The third-order valence-corrected chi connectivity index (χ3v) is 7.76. The fourth-order valence-electron chi connectivity index (χ4n) is 4.72. The summed E-state index contributed by atoms with van der Waals surface area (Å²) in [4.78, 5) is 29.4. The van der Waals surface area contributed by atoms with E-state index in [1.165, 1.54) is 23.3 Å². The molecule has 2 aliphatic heterocycles. The van der Waals surface area contributed by atoms with Crippen molar-refractivity contribution in [1.29, 1.82) is 0 Å². The molecule has 1 saturated heterocycles. The van der Waals surface area contributed by atoms with E-state index in [4.69, 9.17) is 9.97 Å². The Labute approximate surface area is 170 Å². The smallest absolute Gasteiger partial charge is 0.264 e. The number of aryl methyl sites for hydroxylation is 2. The Morgan fingerprint density at radius 2 is 1.93 bits per heavy atom. The van der Waals surface area contributed by atoms with Gasteiger partial charge < -0.3 is 9.80 Å². The molecule has 0 spiro atoms. The van der Waals surface area contributed by atoms with Gasteiger partial charge in [0.05, 0.1) is 10.6 Å². The predicted molar refractivity (Wildman–Crippen MR) is 111 cm³/mol. The van der Waals surface area contributed by atoms with Crippen LogP contribution in [0.3, 0.4) is 0 Å². The number of carbonyl (C=O) groups excluding carboxylic acids is 1. The molecule has 0 unspecified atom stereocenters. The molecular weight excluding hydrogens is 368 g/mol. The summed E-state index contributed by atoms with van der Waals surface area (Å²) in [6, 6.07) is 2.15. The van der Waals surface area contributed by atoms with E-state index in [9.17, 15) is 4.79 Å². The highest BCUT2D eigenvalue weighted by Crippen LogP contribution is 2.32. The van der Waals surface area contributed by atoms with Crippen LogP contribution in [0.2, 0.25) is 0 Å². The molecule has 1 amide bonds. The first-order valence-electron chi connectivity index (χ1n) is 10.6. The second-order valence-electron chi connectivity index (χ2n) is 8.52. The van der Waals surface area contributed by atoms with E-state index in [1.54, 1.807) is 11.3 Å². The summed E-state index contributed by atoms with van der Waals surface area (Å²) in [5.74, 6) is 1.68. The van der Waals surface area contributed by atoms with Crippen LogP contribution >= 0.6 is 11.3 Å². The molecule has 3 aliphatic rings. The molecule has 2 aromatic rings. The number of hydrogen-bond donors (Lipinski definition) is 0. The van der Waals surface area contributed by atoms with E-state index in [-0.39, 0.29) is 5.91 Å². The van der Waals surface area contributed by atoms with Crippen LogP contribution in [0.25, 0.3) is 0 Å². The van der Waals surface area contributed by atoms with Crippen molar-refractivity contribution in [2.75, 3.05) is 26.7 Å². The molecule has 1 aliphatic carbocycles. The molecule has 1 fully saturated rings. The van der Waals surface area contributed by atoms with E-state index in [0.717, 1.165) is 73.7 Å². The lowest BCUT2D eigenvalue weighted by Crippen LogP contribution is -2.36. The standard InChI is InChI=1S/C22H28N4OS/c1-25-9-6-15(7-10-25)21-23-13-17-14-26(11-8-18(17)24-21)22(27)20-12-16-4-2-3-5-19(16)28-20/h12-13,15H,2-11,14H2,1H3. The second kappa shape index (κ2) is 7.56. The molecule has 0 radical (unpaired) electrons. The Hall–Kier alpha value is -1.79. The van der Waals surface area contributed by atoms with Crippen molar-refractivity contribution in [2.24, 2.45) is 0 Å². The van der Waals surface area contributed by atoms with Gasteiger partial charge in [0, 0.05) is 42.1 Å². The zero-order chi connectivity index (χ0) is 19.1. The molecule has 2 aromatic heterocycles. The van der Waals surface area contributed by atoms with Gasteiger partial charge in [-0.15, -0.1) is 11.3 Å². The Morgan fingerprint density at radius 1 is 1.11 bits per heavy atom. The van der Waals surface area contributed by atoms with E-state index >= 15 is 0 Å². The minimum atomic E-state index is 0.185. The zero-order valence-corrected chi connectivity index (χ0v) is 17.4. The Bertz CT molecular complexity index is 861. The van der Waals surface area contributed by atoms with Gasteiger partial charge in [-0.2, -0.15) is 0 Å². The van der Waals surface area contributed by atoms with Crippen molar-refractivity contribution in [3.8, 4) is 0 Å². The summed E-state index contributed by atoms with van der Waals surface area (Å²) in [5.41, 5.74) is 3.68. The van der Waals surface area contributed by atoms with Crippen LogP contribution in [0.1, 0.15) is 68.8 Å². The quantitative estimate of drug-likeness (QED) is 0.780. The average molecular weight is 397 g/mol. The monoisotopic (exact) mass is 396 g/mol. The molecule has 0 atom stereocenters. The highest BCUT2D eigenvalue weighted by molar-refractivity contribution is 7.14. The van der Waals surface area contributed by atoms with Gasteiger partial charge in [0.25, 0.3) is 5.91 Å². The molecule has 4 heterocycles. The lowest BCUT2D eigenvalue weighted by atomic mass is 9.95. The largest absolute Gasteiger partial charge is 0.333 e. The zero-order valence-electron chi connectivity index (χ0n) is 16.6. The number of hydrogen-bond acceptors (Lipinski definition) is 5. The third-order valence-electron chi connectivity index (χ3n) is 6.53. The molecule has 148 valence electrons. The van der Waals surface area contributed by atoms with Gasteiger partial charge in [-0.25, -0.2) is 9.97 Å². The highest BCUT2D eigenvalue weighted by Gasteiger charge is 2.27. The summed E-state index contributed by atoms with van der Waals surface area (Å²) in [6.07, 6.45) is 9.90. The summed E-state index contributed by atoms with van der Waals surface area (Å²) < 4.78 is 0. The van der Waals surface area contributed by atoms with Gasteiger partial charge in [0.1, 0.15) is 5.82 Å². The van der Waals surface area contributed by atoms with Crippen LogP contribution < -0.4 is 0 Å². The number of likely N-dealkylation sites (tertiary alicyclic amines) is 1. The van der Waals surface area contributed by atoms with E-state index in [1.807, 2.05) is 11.1 Å². The lowest BCUT2D eigenvalue weighted by Gasteiger charge is -2.30. The minimum Gasteiger partial charge on any atom is -0.333 e. The van der Waals surface area contributed by atoms with Crippen molar-refractivity contribution < 1.29 is 4.79 Å². The highest BCUT2D eigenvalue weighted by atomic mass is 32.1. The number of fused-ring (bicyclic) bond motifs is 2. The van der Waals surface area contributed by atoms with E-state index in [2.05, 4.69) is 18.0 Å². The van der Waals surface area contributed by atoms with Gasteiger partial charge >= 0.3 is 0 Å². The predicted octanol–water partition coefficient (Wildman–Crippen LogP) is 3.42. The first-order valence-corrected chi connectivity index (χ1v) is 11.4. The van der Waals surface area contributed by atoms with Crippen LogP contribution in [-0.2, 0) is 25.8 Å². The third kappa shape index (κ3) is 3.48. The molecule has 0 saturated carbocycles. The number of rotatable bonds is 2. The fourth-order valence-corrected chi connectivity index (χ4v) is 5.94. The topological polar surface area (TPSA) is 49.3 Å². The maximum Gasteiger partial charge on any atom is 0.264 e. The number of piperidine rings is 1. The van der Waals surface area contributed by atoms with Crippen molar-refractivity contribution in [3.63, 3.8) is 0 Å². The molecule has 0 bridgehead atoms. The maximum absolute atomic E-state index is 13.1. The normalized spacial score (nSPS) is 20.7. The number of nitrogens with zero attached hydrogens (tertiary/aromatic N) is 4. The van der Waals surface area contributed by atoms with Crippen LogP contribution in [0.5, 0.6) is 0 Å². The van der Waals surface area contributed by atoms with Crippen molar-refractivity contribution in [1.82, 2.24) is 19.8 Å². The number of thiophene rings is 1. The second-order valence-corrected chi connectivity index (χ2v) is 9.66. The number of carbonyl (C=O) groups is 1. The van der Waals surface area contributed by atoms with Gasteiger partial charge in [-0.3, -0.25) is 4.79 Å². The Morgan fingerprint density at radius 3 is 2.75 bits per heavy atom. The van der Waals surface area contributed by atoms with Gasteiger partial charge in [-0.05, 0) is 70.3 Å². The number of aromatic nitrogens is 2. The first-order chi connectivity index (χ1) is 13.7. The van der Waals surface area contributed by atoms with Gasteiger partial charge in [-0.1, -0.05) is 0 Å². The molecule has 5 rings (SSSR count). The minimum absolute atomic E-state index is 0.185. The fraction of sp³-hybridized carbons (Fsp3) is 0.591. The van der Waals surface area contributed by atoms with E-state index in [0.29, 0.717) is 12.5 Å².